The molecule has 82 valence electrons. The first-order valence-corrected chi connectivity index (χ1v) is 6.20. The molecular weight excluding hydrogens is 303 g/mol. The minimum Gasteiger partial charge on any atom is -0.339 e. The molecule has 1 atom stereocenters. The van der Waals surface area contributed by atoms with Crippen LogP contribution in [0.2, 0.25) is 0 Å². The third-order valence-corrected chi connectivity index (χ3v) is 3.38. The van der Waals surface area contributed by atoms with Crippen molar-refractivity contribution in [3.8, 4) is 0 Å². The average molecular weight is 318 g/mol. The molecule has 4 nitrogen and oxygen atoms in total. The number of aromatic nitrogens is 2. The first-order chi connectivity index (χ1) is 7.22. The standard InChI is InChI=1S/C10H15IN4/c1-15(9(4-12)7-2-3-7)10-13-5-8(11)6-14-10/h5-7,9H,2-4,12H2,1H3. The smallest absolute Gasteiger partial charge is 0.225 e. The van der Waals surface area contributed by atoms with E-state index < -0.39 is 0 Å². The van der Waals surface area contributed by atoms with Crippen molar-refractivity contribution in [3.63, 3.8) is 0 Å². The fourth-order valence-corrected chi connectivity index (χ4v) is 2.06. The number of hydrogen-bond acceptors (Lipinski definition) is 4. The highest BCUT2D eigenvalue weighted by Crippen LogP contribution is 2.35. The van der Waals surface area contributed by atoms with Gasteiger partial charge >= 0.3 is 0 Å². The lowest BCUT2D eigenvalue weighted by atomic mass is 10.1. The number of halogens is 1. The highest BCUT2D eigenvalue weighted by atomic mass is 127. The number of anilines is 1. The van der Waals surface area contributed by atoms with Crippen LogP contribution in [-0.2, 0) is 0 Å². The summed E-state index contributed by atoms with van der Waals surface area (Å²) in [6, 6.07) is 0.394. The van der Waals surface area contributed by atoms with Crippen LogP contribution < -0.4 is 10.6 Å². The number of likely N-dealkylation sites (N-methyl/N-ethyl adjacent to an activating group) is 1. The second-order valence-electron chi connectivity index (χ2n) is 3.95. The van der Waals surface area contributed by atoms with Gasteiger partial charge in [0.2, 0.25) is 5.95 Å². The van der Waals surface area contributed by atoms with Gasteiger partial charge < -0.3 is 10.6 Å². The summed E-state index contributed by atoms with van der Waals surface area (Å²) in [5.41, 5.74) is 5.78. The van der Waals surface area contributed by atoms with Crippen LogP contribution in [-0.4, -0.2) is 29.6 Å². The minimum absolute atomic E-state index is 0.394. The predicted octanol–water partition coefficient (Wildman–Crippen LogP) is 1.25. The summed E-state index contributed by atoms with van der Waals surface area (Å²) in [4.78, 5) is 10.7. The molecule has 0 amide bonds. The number of rotatable bonds is 4. The molecule has 0 bridgehead atoms. The van der Waals surface area contributed by atoms with E-state index >= 15 is 0 Å². The molecule has 1 aliphatic rings. The van der Waals surface area contributed by atoms with Crippen LogP contribution in [0.4, 0.5) is 5.95 Å². The molecule has 1 saturated carbocycles. The largest absolute Gasteiger partial charge is 0.339 e. The third-order valence-electron chi connectivity index (χ3n) is 2.83. The van der Waals surface area contributed by atoms with Crippen molar-refractivity contribution in [2.45, 2.75) is 18.9 Å². The van der Waals surface area contributed by atoms with E-state index in [9.17, 15) is 0 Å². The average Bonchev–Trinajstić information content (AvgIpc) is 3.04. The Morgan fingerprint density at radius 2 is 2.13 bits per heavy atom. The topological polar surface area (TPSA) is 55.0 Å². The second-order valence-corrected chi connectivity index (χ2v) is 5.20. The summed E-state index contributed by atoms with van der Waals surface area (Å²) in [7, 11) is 2.03. The molecule has 0 spiro atoms. The minimum atomic E-state index is 0.394. The SMILES string of the molecule is CN(c1ncc(I)cn1)C(CN)C1CC1. The molecule has 1 aliphatic carbocycles. The van der Waals surface area contributed by atoms with Gasteiger partial charge in [-0.25, -0.2) is 9.97 Å². The van der Waals surface area contributed by atoms with E-state index in [-0.39, 0.29) is 0 Å². The first kappa shape index (κ1) is 11.1. The van der Waals surface area contributed by atoms with Crippen LogP contribution >= 0.6 is 22.6 Å². The number of nitrogens with two attached hydrogens (primary N) is 1. The Kier molecular flexibility index (Phi) is 3.40. The van der Waals surface area contributed by atoms with Crippen LogP contribution in [0.5, 0.6) is 0 Å². The van der Waals surface area contributed by atoms with Crippen LogP contribution in [0.1, 0.15) is 12.8 Å². The Morgan fingerprint density at radius 3 is 2.60 bits per heavy atom. The molecule has 2 rings (SSSR count). The Hall–Kier alpha value is -0.430. The van der Waals surface area contributed by atoms with Gasteiger partial charge in [-0.1, -0.05) is 0 Å². The van der Waals surface area contributed by atoms with Crippen LogP contribution in [0, 0.1) is 9.49 Å². The summed E-state index contributed by atoms with van der Waals surface area (Å²) in [6.07, 6.45) is 6.24. The molecule has 1 heterocycles. The van der Waals surface area contributed by atoms with Crippen LogP contribution in [0.15, 0.2) is 12.4 Å². The van der Waals surface area contributed by atoms with Gasteiger partial charge in [-0.3, -0.25) is 0 Å². The molecule has 5 heteroatoms. The first-order valence-electron chi connectivity index (χ1n) is 5.13. The lowest BCUT2D eigenvalue weighted by molar-refractivity contribution is 0.561. The van der Waals surface area contributed by atoms with Crippen molar-refractivity contribution in [2.75, 3.05) is 18.5 Å². The molecule has 0 aromatic carbocycles. The molecule has 1 aromatic heterocycles. The van der Waals surface area contributed by atoms with E-state index in [1.165, 1.54) is 12.8 Å². The summed E-state index contributed by atoms with van der Waals surface area (Å²) < 4.78 is 1.06. The lowest BCUT2D eigenvalue weighted by Gasteiger charge is -2.26. The van der Waals surface area contributed by atoms with Gasteiger partial charge in [-0.15, -0.1) is 0 Å². The maximum atomic E-state index is 5.78. The van der Waals surface area contributed by atoms with E-state index in [4.69, 9.17) is 5.73 Å². The van der Waals surface area contributed by atoms with Crippen molar-refractivity contribution in [1.82, 2.24) is 9.97 Å². The predicted molar refractivity (Wildman–Crippen MR) is 68.7 cm³/mol. The van der Waals surface area contributed by atoms with Gasteiger partial charge in [0.15, 0.2) is 0 Å². The van der Waals surface area contributed by atoms with Crippen molar-refractivity contribution >= 4 is 28.5 Å². The Bertz CT molecular complexity index is 323. The van der Waals surface area contributed by atoms with Crippen LogP contribution in [0.3, 0.4) is 0 Å². The summed E-state index contributed by atoms with van der Waals surface area (Å²) in [5.74, 6) is 1.51. The fraction of sp³-hybridized carbons (Fsp3) is 0.600. The Morgan fingerprint density at radius 1 is 1.53 bits per heavy atom. The lowest BCUT2D eigenvalue weighted by Crippen LogP contribution is -2.40. The van der Waals surface area contributed by atoms with Crippen molar-refractivity contribution in [3.05, 3.63) is 16.0 Å². The van der Waals surface area contributed by atoms with Gasteiger partial charge in [0.1, 0.15) is 0 Å². The quantitative estimate of drug-likeness (QED) is 0.849. The van der Waals surface area contributed by atoms with Crippen molar-refractivity contribution < 1.29 is 0 Å². The monoisotopic (exact) mass is 318 g/mol. The highest BCUT2D eigenvalue weighted by molar-refractivity contribution is 14.1. The molecule has 1 fully saturated rings. The Labute approximate surface area is 103 Å². The van der Waals surface area contributed by atoms with Gasteiger partial charge in [0.25, 0.3) is 0 Å². The fourth-order valence-electron chi connectivity index (χ4n) is 1.78. The van der Waals surface area contributed by atoms with E-state index in [2.05, 4.69) is 37.5 Å². The van der Waals surface area contributed by atoms with Gasteiger partial charge in [0, 0.05) is 35.6 Å². The summed E-state index contributed by atoms with van der Waals surface area (Å²) >= 11 is 2.20. The zero-order chi connectivity index (χ0) is 10.8. The number of hydrogen-bond donors (Lipinski definition) is 1. The van der Waals surface area contributed by atoms with E-state index in [0.717, 1.165) is 15.4 Å². The highest BCUT2D eigenvalue weighted by Gasteiger charge is 2.33. The zero-order valence-corrected chi connectivity index (χ0v) is 10.9. The van der Waals surface area contributed by atoms with Crippen molar-refractivity contribution in [1.29, 1.82) is 0 Å². The maximum absolute atomic E-state index is 5.78. The molecule has 0 aliphatic heterocycles. The number of nitrogens with zero attached hydrogens (tertiary/aromatic N) is 3. The van der Waals surface area contributed by atoms with Gasteiger partial charge in [-0.2, -0.15) is 0 Å². The molecule has 1 aromatic rings. The summed E-state index contributed by atoms with van der Waals surface area (Å²) in [6.45, 7) is 0.677. The summed E-state index contributed by atoms with van der Waals surface area (Å²) in [5, 5.41) is 0. The van der Waals surface area contributed by atoms with Gasteiger partial charge in [0.05, 0.1) is 0 Å². The Balaban J connectivity index is 2.11. The molecular formula is C10H15IN4. The molecule has 15 heavy (non-hydrogen) atoms. The molecule has 0 saturated heterocycles. The van der Waals surface area contributed by atoms with Crippen LogP contribution in [0.25, 0.3) is 0 Å². The molecule has 1 unspecified atom stereocenters. The second kappa shape index (κ2) is 4.61. The van der Waals surface area contributed by atoms with E-state index in [1.54, 1.807) is 0 Å². The molecule has 2 N–H and O–H groups in total. The van der Waals surface area contributed by atoms with Crippen molar-refractivity contribution in [2.24, 2.45) is 11.7 Å². The molecule has 0 radical (unpaired) electrons. The van der Waals surface area contributed by atoms with Gasteiger partial charge in [-0.05, 0) is 41.4 Å². The third kappa shape index (κ3) is 2.57. The normalized spacial score (nSPS) is 17.5. The zero-order valence-electron chi connectivity index (χ0n) is 8.73. The maximum Gasteiger partial charge on any atom is 0.225 e. The van der Waals surface area contributed by atoms with E-state index in [1.807, 2.05) is 19.4 Å². The van der Waals surface area contributed by atoms with E-state index in [0.29, 0.717) is 12.6 Å².